The molecule has 3 radical (unpaired) electrons. The molecule has 0 aromatic carbocycles. The summed E-state index contributed by atoms with van der Waals surface area (Å²) >= 11 is 0. The van der Waals surface area contributed by atoms with Gasteiger partial charge in [0.15, 0.2) is 0 Å². The van der Waals surface area contributed by atoms with Crippen LogP contribution in [-0.4, -0.2) is 10.2 Å². The molecule has 0 aromatic heterocycles. The summed E-state index contributed by atoms with van der Waals surface area (Å²) in [6.07, 6.45) is 2.24. The third-order valence-corrected chi connectivity index (χ3v) is 2.67. The molecule has 0 N–H and O–H groups in total. The van der Waals surface area contributed by atoms with Crippen molar-refractivity contribution >= 4 is 10.2 Å². The van der Waals surface area contributed by atoms with Gasteiger partial charge in [-0.25, -0.2) is 0 Å². The van der Waals surface area contributed by atoms with Crippen LogP contribution in [0.3, 0.4) is 0 Å². The van der Waals surface area contributed by atoms with Crippen molar-refractivity contribution in [2.75, 3.05) is 0 Å². The van der Waals surface area contributed by atoms with E-state index in [0.717, 1.165) is 0 Å². The summed E-state index contributed by atoms with van der Waals surface area (Å²) in [5, 5.41) is 0. The van der Waals surface area contributed by atoms with Gasteiger partial charge in [-0.2, -0.15) is 0 Å². The van der Waals surface area contributed by atoms with Gasteiger partial charge in [-0.3, -0.25) is 0 Å². The summed E-state index contributed by atoms with van der Waals surface area (Å²) in [7, 11) is 3.60. The molecule has 0 saturated heterocycles. The highest BCUT2D eigenvalue weighted by Crippen LogP contribution is 2.31. The molecule has 0 heterocycles. The zero-order valence-electron chi connectivity index (χ0n) is 6.15. The van der Waals surface area contributed by atoms with Crippen LogP contribution in [0.1, 0.15) is 20.8 Å². The molecule has 0 aromatic rings. The molecule has 0 fully saturated rings. The van der Waals surface area contributed by atoms with E-state index in [4.69, 9.17) is 0 Å². The van der Waals surface area contributed by atoms with Crippen molar-refractivity contribution in [1.82, 2.24) is 0 Å². The van der Waals surface area contributed by atoms with Crippen molar-refractivity contribution in [3.63, 3.8) is 0 Å². The molecule has 1 rings (SSSR count). The third kappa shape index (κ3) is 1.01. The first-order chi connectivity index (χ1) is 4.13. The number of hydrogen-bond donors (Lipinski definition) is 0. The minimum Gasteiger partial charge on any atom is -0.0777 e. The molecule has 0 saturated carbocycles. The van der Waals surface area contributed by atoms with E-state index in [2.05, 4.69) is 37.1 Å². The van der Waals surface area contributed by atoms with E-state index in [0.29, 0.717) is 5.54 Å². The molecule has 0 aliphatic heterocycles. The maximum atomic E-state index is 3.60. The first-order valence-electron chi connectivity index (χ1n) is 3.20. The van der Waals surface area contributed by atoms with Gasteiger partial charge in [0.25, 0.3) is 0 Å². The first kappa shape index (κ1) is 6.81. The molecule has 1 unspecified atom stereocenters. The van der Waals surface area contributed by atoms with E-state index in [1.807, 2.05) is 0 Å². The standard InChI is InChI=1S/C8H11Si/c1-5-4-8(9)7(3)6(5)2/h4,8H,1-3H3. The summed E-state index contributed by atoms with van der Waals surface area (Å²) in [4.78, 5) is 0. The molecule has 47 valence electrons. The lowest BCUT2D eigenvalue weighted by atomic mass is 10.1. The van der Waals surface area contributed by atoms with E-state index in [9.17, 15) is 0 Å². The van der Waals surface area contributed by atoms with E-state index >= 15 is 0 Å². The lowest BCUT2D eigenvalue weighted by Crippen LogP contribution is -1.84. The highest BCUT2D eigenvalue weighted by atomic mass is 28.1. The Balaban J connectivity index is 2.97. The van der Waals surface area contributed by atoms with Crippen molar-refractivity contribution in [1.29, 1.82) is 0 Å². The van der Waals surface area contributed by atoms with Crippen LogP contribution in [0.15, 0.2) is 22.8 Å². The second-order valence-corrected chi connectivity index (χ2v) is 3.26. The summed E-state index contributed by atoms with van der Waals surface area (Å²) < 4.78 is 0. The number of rotatable bonds is 0. The van der Waals surface area contributed by atoms with E-state index in [1.54, 1.807) is 0 Å². The second kappa shape index (κ2) is 2.14. The monoisotopic (exact) mass is 135 g/mol. The average Bonchev–Trinajstić information content (AvgIpc) is 1.98. The van der Waals surface area contributed by atoms with Gasteiger partial charge in [0.1, 0.15) is 0 Å². The van der Waals surface area contributed by atoms with E-state index in [-0.39, 0.29) is 0 Å². The van der Waals surface area contributed by atoms with E-state index in [1.165, 1.54) is 16.7 Å². The van der Waals surface area contributed by atoms with Gasteiger partial charge in [-0.05, 0) is 31.9 Å². The summed E-state index contributed by atoms with van der Waals surface area (Å²) in [5.41, 5.74) is 4.79. The highest BCUT2D eigenvalue weighted by Gasteiger charge is 2.12. The van der Waals surface area contributed by atoms with Gasteiger partial charge in [-0.1, -0.05) is 17.2 Å². The fourth-order valence-corrected chi connectivity index (χ4v) is 1.51. The number of allylic oxidation sites excluding steroid dienone is 4. The molecule has 0 bridgehead atoms. The highest BCUT2D eigenvalue weighted by molar-refractivity contribution is 6.15. The van der Waals surface area contributed by atoms with Gasteiger partial charge in [0, 0.05) is 10.2 Å². The molecule has 1 aliphatic rings. The summed E-state index contributed by atoms with van der Waals surface area (Å²) in [5.74, 6) is 0. The van der Waals surface area contributed by atoms with Gasteiger partial charge < -0.3 is 0 Å². The molecule has 1 aliphatic carbocycles. The predicted molar refractivity (Wildman–Crippen MR) is 41.6 cm³/mol. The topological polar surface area (TPSA) is 0 Å². The molecule has 0 spiro atoms. The smallest absolute Gasteiger partial charge is 0.0383 e. The molecular weight excluding hydrogens is 124 g/mol. The van der Waals surface area contributed by atoms with Crippen molar-refractivity contribution in [2.24, 2.45) is 0 Å². The lowest BCUT2D eigenvalue weighted by molar-refractivity contribution is 1.21. The van der Waals surface area contributed by atoms with Crippen molar-refractivity contribution < 1.29 is 0 Å². The molecular formula is C8H11Si. The minimum atomic E-state index is 0.491. The average molecular weight is 135 g/mol. The van der Waals surface area contributed by atoms with Crippen molar-refractivity contribution in [3.05, 3.63) is 22.8 Å². The third-order valence-electron chi connectivity index (χ3n) is 2.07. The molecule has 1 atom stereocenters. The van der Waals surface area contributed by atoms with Gasteiger partial charge in [-0.15, -0.1) is 0 Å². The fraction of sp³-hybridized carbons (Fsp3) is 0.500. The van der Waals surface area contributed by atoms with Crippen LogP contribution in [0.2, 0.25) is 5.54 Å². The Morgan fingerprint density at radius 2 is 1.89 bits per heavy atom. The Kier molecular flexibility index (Phi) is 1.62. The SMILES string of the molecule is CC1=CC([Si])C(C)=C1C. The molecule has 9 heavy (non-hydrogen) atoms. The quantitative estimate of drug-likeness (QED) is 0.447. The van der Waals surface area contributed by atoms with Crippen LogP contribution >= 0.6 is 0 Å². The Hall–Kier alpha value is -0.303. The largest absolute Gasteiger partial charge is 0.0777 e. The zero-order valence-corrected chi connectivity index (χ0v) is 7.15. The minimum absolute atomic E-state index is 0.491. The van der Waals surface area contributed by atoms with Crippen LogP contribution in [0, 0.1) is 0 Å². The van der Waals surface area contributed by atoms with E-state index < -0.39 is 0 Å². The zero-order chi connectivity index (χ0) is 7.02. The van der Waals surface area contributed by atoms with Crippen LogP contribution in [-0.2, 0) is 0 Å². The maximum absolute atomic E-state index is 3.60. The number of hydrogen-bond acceptors (Lipinski definition) is 0. The van der Waals surface area contributed by atoms with Gasteiger partial charge in [0.05, 0.1) is 0 Å². The van der Waals surface area contributed by atoms with Crippen molar-refractivity contribution in [2.45, 2.75) is 26.3 Å². The Bertz CT molecular complexity index is 187. The Labute approximate surface area is 60.1 Å². The second-order valence-electron chi connectivity index (χ2n) is 2.64. The normalized spacial score (nSPS) is 27.1. The van der Waals surface area contributed by atoms with Crippen molar-refractivity contribution in [3.8, 4) is 0 Å². The first-order valence-corrected chi connectivity index (χ1v) is 3.78. The molecule has 0 amide bonds. The fourth-order valence-electron chi connectivity index (χ4n) is 1.04. The van der Waals surface area contributed by atoms with Crippen LogP contribution in [0.4, 0.5) is 0 Å². The van der Waals surface area contributed by atoms with Gasteiger partial charge >= 0.3 is 0 Å². The van der Waals surface area contributed by atoms with Gasteiger partial charge in [0.2, 0.25) is 0 Å². The molecule has 1 heteroatoms. The Morgan fingerprint density at radius 3 is 2.00 bits per heavy atom. The molecule has 0 nitrogen and oxygen atoms in total. The maximum Gasteiger partial charge on any atom is 0.0383 e. The summed E-state index contributed by atoms with van der Waals surface area (Å²) in [6, 6.07) is 0. The lowest BCUT2D eigenvalue weighted by Gasteiger charge is -2.00. The summed E-state index contributed by atoms with van der Waals surface area (Å²) in [6.45, 7) is 6.49. The van der Waals surface area contributed by atoms with Crippen LogP contribution in [0.5, 0.6) is 0 Å². The predicted octanol–water partition coefficient (Wildman–Crippen LogP) is 2.24. The van der Waals surface area contributed by atoms with Crippen LogP contribution in [0.25, 0.3) is 0 Å². The Morgan fingerprint density at radius 1 is 1.33 bits per heavy atom. The van der Waals surface area contributed by atoms with Crippen LogP contribution < -0.4 is 0 Å².